The summed E-state index contributed by atoms with van der Waals surface area (Å²) in [6, 6.07) is -0.549. The van der Waals surface area contributed by atoms with E-state index in [1.54, 1.807) is 0 Å². The molecule has 0 aliphatic carbocycles. The predicted octanol–water partition coefficient (Wildman–Crippen LogP) is -0.0867. The van der Waals surface area contributed by atoms with Crippen LogP contribution >= 0.6 is 0 Å². The van der Waals surface area contributed by atoms with Crippen LogP contribution in [0.25, 0.3) is 0 Å². The van der Waals surface area contributed by atoms with Crippen molar-refractivity contribution in [2.75, 3.05) is 20.3 Å². The van der Waals surface area contributed by atoms with Crippen LogP contribution in [-0.2, 0) is 14.3 Å². The van der Waals surface area contributed by atoms with Gasteiger partial charge in [0.1, 0.15) is 6.04 Å². The Bertz CT molecular complexity index is 116. The number of ether oxygens (including phenoxy) is 2. The van der Waals surface area contributed by atoms with Crippen LogP contribution in [0.5, 0.6) is 0 Å². The maximum Gasteiger partial charge on any atom is 0.322 e. The summed E-state index contributed by atoms with van der Waals surface area (Å²) in [5.41, 5.74) is 5.41. The standard InChI is InChI=1S/C7H15NO3/c1-3-11-5-4-6(8)7(9)10-2/h6H,3-5,8H2,1-2H3. The van der Waals surface area contributed by atoms with Crippen molar-refractivity contribution in [3.63, 3.8) is 0 Å². The summed E-state index contributed by atoms with van der Waals surface area (Å²) in [6.45, 7) is 3.05. The number of hydrogen-bond donors (Lipinski definition) is 1. The highest BCUT2D eigenvalue weighted by Gasteiger charge is 2.12. The van der Waals surface area contributed by atoms with Crippen LogP contribution < -0.4 is 5.73 Å². The Balaban J connectivity index is 3.36. The van der Waals surface area contributed by atoms with Gasteiger partial charge in [-0.2, -0.15) is 0 Å². The Labute approximate surface area is 66.7 Å². The van der Waals surface area contributed by atoms with Crippen LogP contribution in [0.4, 0.5) is 0 Å². The van der Waals surface area contributed by atoms with Gasteiger partial charge in [0.25, 0.3) is 0 Å². The van der Waals surface area contributed by atoms with Gasteiger partial charge in [-0.25, -0.2) is 0 Å². The fourth-order valence-electron chi connectivity index (χ4n) is 0.624. The third kappa shape index (κ3) is 4.75. The van der Waals surface area contributed by atoms with Crippen LogP contribution in [0.3, 0.4) is 0 Å². The summed E-state index contributed by atoms with van der Waals surface area (Å²) < 4.78 is 9.43. The third-order valence-corrected chi connectivity index (χ3v) is 1.28. The van der Waals surface area contributed by atoms with Crippen LogP contribution in [0.1, 0.15) is 13.3 Å². The molecule has 0 saturated heterocycles. The van der Waals surface area contributed by atoms with Gasteiger partial charge in [0.15, 0.2) is 0 Å². The van der Waals surface area contributed by atoms with E-state index in [4.69, 9.17) is 10.5 Å². The zero-order chi connectivity index (χ0) is 8.69. The Morgan fingerprint density at radius 3 is 2.73 bits per heavy atom. The second-order valence-corrected chi connectivity index (χ2v) is 2.12. The lowest BCUT2D eigenvalue weighted by molar-refractivity contribution is -0.142. The number of carbonyl (C=O) groups is 1. The van der Waals surface area contributed by atoms with Crippen LogP contribution in [0.15, 0.2) is 0 Å². The molecule has 0 saturated carbocycles. The van der Waals surface area contributed by atoms with E-state index < -0.39 is 6.04 Å². The molecule has 0 fully saturated rings. The van der Waals surface area contributed by atoms with Crippen molar-refractivity contribution in [1.82, 2.24) is 0 Å². The number of esters is 1. The minimum absolute atomic E-state index is 0.385. The highest BCUT2D eigenvalue weighted by Crippen LogP contribution is 1.91. The lowest BCUT2D eigenvalue weighted by Crippen LogP contribution is -2.32. The van der Waals surface area contributed by atoms with Gasteiger partial charge in [0.2, 0.25) is 0 Å². The summed E-state index contributed by atoms with van der Waals surface area (Å²) in [7, 11) is 1.32. The van der Waals surface area contributed by atoms with Crippen molar-refractivity contribution in [2.24, 2.45) is 5.73 Å². The third-order valence-electron chi connectivity index (χ3n) is 1.28. The topological polar surface area (TPSA) is 61.5 Å². The van der Waals surface area contributed by atoms with Gasteiger partial charge in [-0.05, 0) is 13.3 Å². The number of carbonyl (C=O) groups excluding carboxylic acids is 1. The average molecular weight is 161 g/mol. The normalized spacial score (nSPS) is 12.6. The Hall–Kier alpha value is -0.610. The molecule has 1 atom stereocenters. The van der Waals surface area contributed by atoms with Gasteiger partial charge in [-0.1, -0.05) is 0 Å². The first-order valence-corrected chi connectivity index (χ1v) is 3.63. The molecule has 0 aromatic carbocycles. The smallest absolute Gasteiger partial charge is 0.322 e. The first kappa shape index (κ1) is 10.4. The van der Waals surface area contributed by atoms with E-state index in [0.29, 0.717) is 19.6 Å². The molecule has 0 aliphatic rings. The van der Waals surface area contributed by atoms with E-state index >= 15 is 0 Å². The first-order chi connectivity index (χ1) is 5.22. The largest absolute Gasteiger partial charge is 0.468 e. The molecule has 1 unspecified atom stereocenters. The van der Waals surface area contributed by atoms with E-state index in [0.717, 1.165) is 0 Å². The van der Waals surface area contributed by atoms with Crippen LogP contribution in [0, 0.1) is 0 Å². The highest BCUT2D eigenvalue weighted by atomic mass is 16.5. The van der Waals surface area contributed by atoms with Crippen molar-refractivity contribution in [2.45, 2.75) is 19.4 Å². The Morgan fingerprint density at radius 1 is 1.64 bits per heavy atom. The maximum absolute atomic E-state index is 10.7. The second kappa shape index (κ2) is 6.12. The van der Waals surface area contributed by atoms with E-state index in [-0.39, 0.29) is 5.97 Å². The molecule has 0 aromatic rings. The predicted molar refractivity (Wildman–Crippen MR) is 41.1 cm³/mol. The zero-order valence-corrected chi connectivity index (χ0v) is 7.00. The summed E-state index contributed by atoms with van der Waals surface area (Å²) >= 11 is 0. The maximum atomic E-state index is 10.7. The van der Waals surface area contributed by atoms with Crippen molar-refractivity contribution in [3.05, 3.63) is 0 Å². The number of rotatable bonds is 5. The lowest BCUT2D eigenvalue weighted by atomic mass is 10.2. The molecule has 2 N–H and O–H groups in total. The van der Waals surface area contributed by atoms with E-state index in [2.05, 4.69) is 4.74 Å². The summed E-state index contributed by atoms with van der Waals surface area (Å²) in [5, 5.41) is 0. The van der Waals surface area contributed by atoms with Gasteiger partial charge in [-0.15, -0.1) is 0 Å². The molecule has 4 nitrogen and oxygen atoms in total. The molecule has 0 heterocycles. The lowest BCUT2D eigenvalue weighted by Gasteiger charge is -2.07. The number of nitrogens with two attached hydrogens (primary N) is 1. The molecule has 0 spiro atoms. The average Bonchev–Trinajstić information content (AvgIpc) is 2.03. The van der Waals surface area contributed by atoms with Crippen molar-refractivity contribution in [1.29, 1.82) is 0 Å². The van der Waals surface area contributed by atoms with Gasteiger partial charge in [0, 0.05) is 13.2 Å². The van der Waals surface area contributed by atoms with Crippen molar-refractivity contribution >= 4 is 5.97 Å². The molecule has 11 heavy (non-hydrogen) atoms. The quantitative estimate of drug-likeness (QED) is 0.452. The van der Waals surface area contributed by atoms with Crippen molar-refractivity contribution in [3.8, 4) is 0 Å². The summed E-state index contributed by atoms with van der Waals surface area (Å²) in [6.07, 6.45) is 0.514. The molecular formula is C7H15NO3. The van der Waals surface area contributed by atoms with E-state index in [1.807, 2.05) is 6.92 Å². The molecular weight excluding hydrogens is 146 g/mol. The molecule has 0 aromatic heterocycles. The summed E-state index contributed by atoms with van der Waals surface area (Å²) in [5.74, 6) is -0.385. The highest BCUT2D eigenvalue weighted by molar-refractivity contribution is 5.75. The summed E-state index contributed by atoms with van der Waals surface area (Å²) in [4.78, 5) is 10.7. The minimum Gasteiger partial charge on any atom is -0.468 e. The Kier molecular flexibility index (Phi) is 5.78. The van der Waals surface area contributed by atoms with Gasteiger partial charge >= 0.3 is 5.97 Å². The molecule has 0 bridgehead atoms. The molecule has 4 heteroatoms. The minimum atomic E-state index is -0.549. The van der Waals surface area contributed by atoms with Crippen LogP contribution in [0.2, 0.25) is 0 Å². The van der Waals surface area contributed by atoms with Gasteiger partial charge < -0.3 is 15.2 Å². The second-order valence-electron chi connectivity index (χ2n) is 2.12. The SMILES string of the molecule is CCOCCC(N)C(=O)OC. The molecule has 66 valence electrons. The molecule has 0 radical (unpaired) electrons. The van der Waals surface area contributed by atoms with Gasteiger partial charge in [0.05, 0.1) is 7.11 Å². The number of methoxy groups -OCH3 is 1. The fraction of sp³-hybridized carbons (Fsp3) is 0.857. The van der Waals surface area contributed by atoms with Crippen molar-refractivity contribution < 1.29 is 14.3 Å². The molecule has 0 rings (SSSR count). The molecule has 0 amide bonds. The number of hydrogen-bond acceptors (Lipinski definition) is 4. The van der Waals surface area contributed by atoms with Crippen LogP contribution in [-0.4, -0.2) is 32.3 Å². The van der Waals surface area contributed by atoms with E-state index in [9.17, 15) is 4.79 Å². The van der Waals surface area contributed by atoms with E-state index in [1.165, 1.54) is 7.11 Å². The Morgan fingerprint density at radius 2 is 2.27 bits per heavy atom. The fourth-order valence-corrected chi connectivity index (χ4v) is 0.624. The van der Waals surface area contributed by atoms with Gasteiger partial charge in [-0.3, -0.25) is 4.79 Å². The molecule has 0 aliphatic heterocycles. The first-order valence-electron chi connectivity index (χ1n) is 3.63. The zero-order valence-electron chi connectivity index (χ0n) is 7.00. The monoisotopic (exact) mass is 161 g/mol.